The summed E-state index contributed by atoms with van der Waals surface area (Å²) in [5, 5.41) is 2.57. The number of carbonyl (C=O) groups excluding carboxylic acids is 1. The summed E-state index contributed by atoms with van der Waals surface area (Å²) in [5.74, 6) is -0.976. The second kappa shape index (κ2) is 6.93. The van der Waals surface area contributed by atoms with Crippen LogP contribution in [0.15, 0.2) is 47.4 Å². The highest BCUT2D eigenvalue weighted by molar-refractivity contribution is 7.89. The van der Waals surface area contributed by atoms with Crippen LogP contribution in [0.25, 0.3) is 0 Å². The summed E-state index contributed by atoms with van der Waals surface area (Å²) < 4.78 is 40.7. The van der Waals surface area contributed by atoms with Crippen molar-refractivity contribution in [2.75, 3.05) is 5.32 Å². The molecule has 0 aliphatic rings. The molecule has 0 aliphatic carbocycles. The fourth-order valence-corrected chi connectivity index (χ4v) is 3.68. The molecule has 0 saturated carbocycles. The molecular weight excluding hydrogens is 343 g/mol. The zero-order valence-electron chi connectivity index (χ0n) is 14.6. The summed E-state index contributed by atoms with van der Waals surface area (Å²) >= 11 is 0. The number of sulfonamides is 1. The number of hydrogen-bond acceptors (Lipinski definition) is 3. The molecule has 134 valence electrons. The molecule has 0 atom stereocenters. The molecule has 7 heteroatoms. The minimum absolute atomic E-state index is 0.00239. The van der Waals surface area contributed by atoms with Gasteiger partial charge in [-0.3, -0.25) is 4.79 Å². The summed E-state index contributed by atoms with van der Waals surface area (Å²) in [6, 6.07) is 9.82. The van der Waals surface area contributed by atoms with Crippen molar-refractivity contribution in [2.45, 2.75) is 38.1 Å². The van der Waals surface area contributed by atoms with Crippen molar-refractivity contribution in [3.05, 3.63) is 59.4 Å². The third-order valence-corrected chi connectivity index (χ3v) is 5.04. The largest absolute Gasteiger partial charge is 0.322 e. The van der Waals surface area contributed by atoms with Crippen LogP contribution in [0.1, 0.15) is 36.7 Å². The Hall–Kier alpha value is -2.25. The zero-order chi connectivity index (χ0) is 18.8. The van der Waals surface area contributed by atoms with E-state index < -0.39 is 27.3 Å². The Bertz CT molecular complexity index is 903. The average molecular weight is 364 g/mol. The average Bonchev–Trinajstić information content (AvgIpc) is 2.44. The Morgan fingerprint density at radius 3 is 2.36 bits per heavy atom. The molecule has 2 rings (SSSR count). The maximum Gasteiger partial charge on any atom is 0.255 e. The minimum Gasteiger partial charge on any atom is -0.322 e. The third kappa shape index (κ3) is 5.11. The van der Waals surface area contributed by atoms with Gasteiger partial charge in [-0.1, -0.05) is 12.1 Å². The Labute approximate surface area is 147 Å². The predicted octanol–water partition coefficient (Wildman–Crippen LogP) is 3.46. The fourth-order valence-electron chi connectivity index (χ4n) is 2.24. The summed E-state index contributed by atoms with van der Waals surface area (Å²) in [7, 11) is -3.76. The Kier molecular flexibility index (Phi) is 5.29. The summed E-state index contributed by atoms with van der Waals surface area (Å²) in [4.78, 5) is 12.5. The lowest BCUT2D eigenvalue weighted by Crippen LogP contribution is -2.40. The van der Waals surface area contributed by atoms with Gasteiger partial charge in [-0.2, -0.15) is 0 Å². The highest BCUT2D eigenvalue weighted by Crippen LogP contribution is 2.19. The van der Waals surface area contributed by atoms with E-state index in [1.165, 1.54) is 30.3 Å². The first-order chi connectivity index (χ1) is 11.5. The van der Waals surface area contributed by atoms with Gasteiger partial charge in [0.15, 0.2) is 0 Å². The van der Waals surface area contributed by atoms with Crippen molar-refractivity contribution in [3.8, 4) is 0 Å². The molecule has 2 aromatic rings. The first kappa shape index (κ1) is 19.1. The summed E-state index contributed by atoms with van der Waals surface area (Å²) in [6.07, 6.45) is 0. The van der Waals surface area contributed by atoms with Crippen LogP contribution in [0.2, 0.25) is 0 Å². The second-order valence-electron chi connectivity index (χ2n) is 6.80. The van der Waals surface area contributed by atoms with Crippen molar-refractivity contribution in [1.82, 2.24) is 4.72 Å². The van der Waals surface area contributed by atoms with Crippen molar-refractivity contribution in [1.29, 1.82) is 0 Å². The van der Waals surface area contributed by atoms with E-state index in [0.717, 1.165) is 0 Å². The van der Waals surface area contributed by atoms with Crippen molar-refractivity contribution in [2.24, 2.45) is 0 Å². The summed E-state index contributed by atoms with van der Waals surface area (Å²) in [5.41, 5.74) is 0.475. The van der Waals surface area contributed by atoms with Crippen LogP contribution in [-0.2, 0) is 10.0 Å². The SMILES string of the molecule is Cc1ccc(S(=O)(=O)NC(C)(C)C)cc1C(=O)Nc1cccc(F)c1. The number of halogens is 1. The first-order valence-corrected chi connectivity index (χ1v) is 9.18. The Morgan fingerprint density at radius 2 is 1.76 bits per heavy atom. The molecule has 0 radical (unpaired) electrons. The molecule has 2 aromatic carbocycles. The molecule has 0 saturated heterocycles. The van der Waals surface area contributed by atoms with Crippen molar-refractivity contribution >= 4 is 21.6 Å². The molecule has 0 fully saturated rings. The van der Waals surface area contributed by atoms with Crippen LogP contribution in [-0.4, -0.2) is 19.9 Å². The number of aryl methyl sites for hydroxylation is 1. The van der Waals surface area contributed by atoms with Gasteiger partial charge in [0.25, 0.3) is 5.91 Å². The molecule has 0 unspecified atom stereocenters. The lowest BCUT2D eigenvalue weighted by Gasteiger charge is -2.20. The maximum absolute atomic E-state index is 13.2. The van der Waals surface area contributed by atoms with E-state index in [9.17, 15) is 17.6 Å². The monoisotopic (exact) mass is 364 g/mol. The molecule has 5 nitrogen and oxygen atoms in total. The predicted molar refractivity (Wildman–Crippen MR) is 95.6 cm³/mol. The normalized spacial score (nSPS) is 12.0. The van der Waals surface area contributed by atoms with Gasteiger partial charge in [0.05, 0.1) is 4.90 Å². The highest BCUT2D eigenvalue weighted by Gasteiger charge is 2.23. The molecular formula is C18H21FN2O3S. The number of hydrogen-bond donors (Lipinski definition) is 2. The summed E-state index contributed by atoms with van der Waals surface area (Å²) in [6.45, 7) is 6.90. The maximum atomic E-state index is 13.2. The van der Waals surface area contributed by atoms with Gasteiger partial charge in [0, 0.05) is 16.8 Å². The Balaban J connectivity index is 2.34. The molecule has 0 aromatic heterocycles. The van der Waals surface area contributed by atoms with Crippen molar-refractivity contribution in [3.63, 3.8) is 0 Å². The van der Waals surface area contributed by atoms with E-state index >= 15 is 0 Å². The van der Waals surface area contributed by atoms with Gasteiger partial charge < -0.3 is 5.32 Å². The van der Waals surface area contributed by atoms with E-state index in [-0.39, 0.29) is 10.5 Å². The van der Waals surface area contributed by atoms with Gasteiger partial charge in [0.2, 0.25) is 10.0 Å². The van der Waals surface area contributed by atoms with Crippen LogP contribution < -0.4 is 10.0 Å². The Morgan fingerprint density at radius 1 is 1.08 bits per heavy atom. The van der Waals surface area contributed by atoms with Crippen LogP contribution in [0.5, 0.6) is 0 Å². The van der Waals surface area contributed by atoms with Crippen LogP contribution in [0, 0.1) is 12.7 Å². The van der Waals surface area contributed by atoms with Gasteiger partial charge in [-0.25, -0.2) is 17.5 Å². The number of carbonyl (C=O) groups is 1. The fraction of sp³-hybridized carbons (Fsp3) is 0.278. The molecule has 2 N–H and O–H groups in total. The van der Waals surface area contributed by atoms with Gasteiger partial charge in [-0.05, 0) is 63.6 Å². The van der Waals surface area contributed by atoms with E-state index in [4.69, 9.17) is 0 Å². The number of nitrogens with one attached hydrogen (secondary N) is 2. The smallest absolute Gasteiger partial charge is 0.255 e. The van der Waals surface area contributed by atoms with Crippen LogP contribution >= 0.6 is 0 Å². The number of anilines is 1. The molecule has 0 bridgehead atoms. The second-order valence-corrected chi connectivity index (χ2v) is 8.48. The number of benzene rings is 2. The van der Waals surface area contributed by atoms with E-state index in [1.807, 2.05) is 0 Å². The van der Waals surface area contributed by atoms with Gasteiger partial charge in [-0.15, -0.1) is 0 Å². The quantitative estimate of drug-likeness (QED) is 0.872. The molecule has 25 heavy (non-hydrogen) atoms. The lowest BCUT2D eigenvalue weighted by molar-refractivity contribution is 0.102. The van der Waals surface area contributed by atoms with E-state index in [1.54, 1.807) is 39.8 Å². The number of amides is 1. The topological polar surface area (TPSA) is 75.3 Å². The van der Waals surface area contributed by atoms with Crippen LogP contribution in [0.4, 0.5) is 10.1 Å². The van der Waals surface area contributed by atoms with Gasteiger partial charge >= 0.3 is 0 Å². The van der Waals surface area contributed by atoms with Gasteiger partial charge in [0.1, 0.15) is 5.82 Å². The zero-order valence-corrected chi connectivity index (χ0v) is 15.4. The van der Waals surface area contributed by atoms with Crippen LogP contribution in [0.3, 0.4) is 0 Å². The number of rotatable bonds is 4. The third-order valence-electron chi connectivity index (χ3n) is 3.29. The van der Waals surface area contributed by atoms with E-state index in [0.29, 0.717) is 11.3 Å². The highest BCUT2D eigenvalue weighted by atomic mass is 32.2. The standard InChI is InChI=1S/C18H21FN2O3S/c1-12-8-9-15(25(23,24)21-18(2,3)4)11-16(12)17(22)20-14-7-5-6-13(19)10-14/h5-11,21H,1-4H3,(H,20,22). The lowest BCUT2D eigenvalue weighted by atomic mass is 10.1. The molecule has 0 aliphatic heterocycles. The molecule has 0 heterocycles. The van der Waals surface area contributed by atoms with E-state index in [2.05, 4.69) is 10.0 Å². The first-order valence-electron chi connectivity index (χ1n) is 7.69. The van der Waals surface area contributed by atoms with Crippen molar-refractivity contribution < 1.29 is 17.6 Å². The molecule has 1 amide bonds. The minimum atomic E-state index is -3.76. The molecule has 0 spiro atoms.